The van der Waals surface area contributed by atoms with Gasteiger partial charge in [-0.1, -0.05) is 6.42 Å². The Kier molecular flexibility index (Phi) is 8.96. The summed E-state index contributed by atoms with van der Waals surface area (Å²) >= 11 is 0. The van der Waals surface area contributed by atoms with Crippen molar-refractivity contribution in [3.63, 3.8) is 0 Å². The molecule has 2 bridgehead atoms. The van der Waals surface area contributed by atoms with E-state index in [9.17, 15) is 4.21 Å². The molecule has 3 atom stereocenters. The van der Waals surface area contributed by atoms with Gasteiger partial charge in [0.25, 0.3) is 0 Å². The average molecular weight is 470 g/mol. The van der Waals surface area contributed by atoms with Gasteiger partial charge in [-0.25, -0.2) is 0 Å². The number of nitrogens with zero attached hydrogens (tertiary/aromatic N) is 2. The van der Waals surface area contributed by atoms with Gasteiger partial charge < -0.3 is 15.5 Å². The first-order valence-electron chi connectivity index (χ1n) is 8.89. The number of nitrogens with one attached hydrogen (secondary N) is 2. The van der Waals surface area contributed by atoms with Crippen molar-refractivity contribution in [2.75, 3.05) is 26.4 Å². The van der Waals surface area contributed by atoms with E-state index in [0.717, 1.165) is 5.96 Å². The molecule has 0 aromatic heterocycles. The second-order valence-corrected chi connectivity index (χ2v) is 10.2. The van der Waals surface area contributed by atoms with Gasteiger partial charge in [0.05, 0.1) is 0 Å². The molecule has 2 rings (SSSR count). The predicted octanol–water partition coefficient (Wildman–Crippen LogP) is 2.33. The molecule has 0 aliphatic carbocycles. The van der Waals surface area contributed by atoms with Crippen LogP contribution in [0.15, 0.2) is 4.99 Å². The molecule has 2 heterocycles. The van der Waals surface area contributed by atoms with Gasteiger partial charge in [0.2, 0.25) is 0 Å². The van der Waals surface area contributed by atoms with Crippen LogP contribution in [0.3, 0.4) is 0 Å². The molecule has 2 aliphatic rings. The van der Waals surface area contributed by atoms with Crippen LogP contribution in [0.2, 0.25) is 0 Å². The fraction of sp³-hybridized carbons (Fsp3) is 0.941. The summed E-state index contributed by atoms with van der Waals surface area (Å²) in [5, 5.41) is 6.91. The molecule has 0 aromatic carbocycles. The average Bonchev–Trinajstić information content (AvgIpc) is 2.46. The molecular weight excluding hydrogens is 435 g/mol. The molecule has 0 saturated carbocycles. The van der Waals surface area contributed by atoms with E-state index in [1.54, 1.807) is 0 Å². The predicted molar refractivity (Wildman–Crippen MR) is 115 cm³/mol. The lowest BCUT2D eigenvalue weighted by molar-refractivity contribution is 0.0526. The molecule has 0 radical (unpaired) electrons. The summed E-state index contributed by atoms with van der Waals surface area (Å²) in [5.41, 5.74) is 0. The zero-order chi connectivity index (χ0) is 17.0. The lowest BCUT2D eigenvalue weighted by Gasteiger charge is -2.47. The Labute approximate surface area is 167 Å². The van der Waals surface area contributed by atoms with E-state index in [1.807, 2.05) is 27.8 Å². The minimum atomic E-state index is -0.823. The summed E-state index contributed by atoms with van der Waals surface area (Å²) < 4.78 is 11.9. The Bertz CT molecular complexity index is 438. The van der Waals surface area contributed by atoms with Gasteiger partial charge in [-0.3, -0.25) is 9.20 Å². The summed E-state index contributed by atoms with van der Waals surface area (Å²) in [5.74, 6) is 1.51. The smallest absolute Gasteiger partial charge is 0.191 e. The van der Waals surface area contributed by atoms with Crippen molar-refractivity contribution < 1.29 is 4.21 Å². The second kappa shape index (κ2) is 9.71. The highest BCUT2D eigenvalue weighted by Gasteiger charge is 2.36. The number of aliphatic imine (C=N–C) groups is 1. The van der Waals surface area contributed by atoms with Gasteiger partial charge in [-0.2, -0.15) is 0 Å². The van der Waals surface area contributed by atoms with E-state index in [2.05, 4.69) is 27.6 Å². The van der Waals surface area contributed by atoms with E-state index < -0.39 is 10.8 Å². The lowest BCUT2D eigenvalue weighted by atomic mass is 9.82. The molecule has 24 heavy (non-hydrogen) atoms. The van der Waals surface area contributed by atoms with Crippen LogP contribution in [0.25, 0.3) is 0 Å². The summed E-state index contributed by atoms with van der Waals surface area (Å²) in [6, 6.07) is 1.93. The molecular formula is C17H35IN4OS. The third-order valence-corrected chi connectivity index (χ3v) is 7.11. The fourth-order valence-corrected chi connectivity index (χ4v) is 4.59. The molecule has 2 saturated heterocycles. The molecule has 142 valence electrons. The minimum Gasteiger partial charge on any atom is -0.355 e. The first-order chi connectivity index (χ1) is 10.8. The number of rotatable bonds is 4. The van der Waals surface area contributed by atoms with Gasteiger partial charge in [-0.15, -0.1) is 24.0 Å². The Balaban J connectivity index is 0.00000288. The van der Waals surface area contributed by atoms with Crippen molar-refractivity contribution >= 4 is 40.7 Å². The Morgan fingerprint density at radius 2 is 1.83 bits per heavy atom. The van der Waals surface area contributed by atoms with E-state index in [1.165, 1.54) is 32.1 Å². The van der Waals surface area contributed by atoms with Crippen molar-refractivity contribution in [3.8, 4) is 0 Å². The van der Waals surface area contributed by atoms with Crippen molar-refractivity contribution in [2.24, 2.45) is 4.99 Å². The quantitative estimate of drug-likeness (QED) is 0.376. The second-order valence-electron chi connectivity index (χ2n) is 7.88. The van der Waals surface area contributed by atoms with Crippen molar-refractivity contribution in [1.82, 2.24) is 15.5 Å². The molecule has 2 aliphatic heterocycles. The molecule has 0 aromatic rings. The highest BCUT2D eigenvalue weighted by atomic mass is 127. The maximum absolute atomic E-state index is 12.1. The molecule has 5 nitrogen and oxygen atoms in total. The Morgan fingerprint density at radius 1 is 1.25 bits per heavy atom. The number of piperidine rings is 2. The zero-order valence-electron chi connectivity index (χ0n) is 15.8. The van der Waals surface area contributed by atoms with Gasteiger partial charge in [0.1, 0.15) is 0 Å². The highest BCUT2D eigenvalue weighted by Crippen LogP contribution is 2.32. The minimum absolute atomic E-state index is 0. The zero-order valence-corrected chi connectivity index (χ0v) is 18.9. The van der Waals surface area contributed by atoms with Crippen LogP contribution in [0.4, 0.5) is 0 Å². The van der Waals surface area contributed by atoms with E-state index in [-0.39, 0.29) is 28.7 Å². The largest absolute Gasteiger partial charge is 0.355 e. The standard InChI is InChI=1S/C17H34N4OS.HI/c1-17(2,3)23(22)10-9-19-16(18-4)20-13-11-14-7-6-8-15(12-13)21(14)5;/h13-15H,6-12H2,1-5H3,(H2,18,19,20);1H. The first kappa shape index (κ1) is 22.2. The van der Waals surface area contributed by atoms with Gasteiger partial charge in [-0.05, 0) is 53.5 Å². The van der Waals surface area contributed by atoms with Crippen LogP contribution in [0.1, 0.15) is 52.9 Å². The lowest BCUT2D eigenvalue weighted by Crippen LogP contribution is -2.56. The van der Waals surface area contributed by atoms with E-state index in [4.69, 9.17) is 0 Å². The van der Waals surface area contributed by atoms with Crippen LogP contribution in [-0.2, 0) is 10.8 Å². The molecule has 2 N–H and O–H groups in total. The van der Waals surface area contributed by atoms with Gasteiger partial charge >= 0.3 is 0 Å². The highest BCUT2D eigenvalue weighted by molar-refractivity contribution is 14.0. The Morgan fingerprint density at radius 3 is 2.33 bits per heavy atom. The third-order valence-electron chi connectivity index (χ3n) is 5.17. The van der Waals surface area contributed by atoms with Crippen LogP contribution in [0, 0.1) is 0 Å². The Hall–Kier alpha value is 0.110. The molecule has 3 unspecified atom stereocenters. The first-order valence-corrected chi connectivity index (χ1v) is 10.2. The summed E-state index contributed by atoms with van der Waals surface area (Å²) in [7, 11) is 3.27. The number of guanidine groups is 1. The molecule has 7 heteroatoms. The van der Waals surface area contributed by atoms with Crippen molar-refractivity contribution in [3.05, 3.63) is 0 Å². The normalized spacial score (nSPS) is 29.5. The van der Waals surface area contributed by atoms with Crippen LogP contribution in [0.5, 0.6) is 0 Å². The maximum atomic E-state index is 12.1. The number of halogens is 1. The molecule has 0 spiro atoms. The molecule has 2 fully saturated rings. The maximum Gasteiger partial charge on any atom is 0.191 e. The number of fused-ring (bicyclic) bond motifs is 2. The number of hydrogen-bond donors (Lipinski definition) is 2. The van der Waals surface area contributed by atoms with Gasteiger partial charge in [0.15, 0.2) is 5.96 Å². The number of hydrogen-bond acceptors (Lipinski definition) is 3. The van der Waals surface area contributed by atoms with Crippen molar-refractivity contribution in [1.29, 1.82) is 0 Å². The van der Waals surface area contributed by atoms with Gasteiger partial charge in [0, 0.05) is 53.0 Å². The van der Waals surface area contributed by atoms with E-state index in [0.29, 0.717) is 30.4 Å². The van der Waals surface area contributed by atoms with E-state index >= 15 is 0 Å². The summed E-state index contributed by atoms with van der Waals surface area (Å²) in [4.78, 5) is 6.91. The summed E-state index contributed by atoms with van der Waals surface area (Å²) in [6.45, 7) is 6.76. The SMILES string of the molecule is CN=C(NCCS(=O)C(C)(C)C)NC1CC2CCCC(C1)N2C.I. The fourth-order valence-electron chi connectivity index (χ4n) is 3.69. The van der Waals surface area contributed by atoms with Crippen LogP contribution < -0.4 is 10.6 Å². The monoisotopic (exact) mass is 470 g/mol. The van der Waals surface area contributed by atoms with Crippen LogP contribution in [-0.4, -0.2) is 64.3 Å². The third kappa shape index (κ3) is 6.12. The topological polar surface area (TPSA) is 56.7 Å². The summed E-state index contributed by atoms with van der Waals surface area (Å²) in [6.07, 6.45) is 6.41. The van der Waals surface area contributed by atoms with Crippen LogP contribution >= 0.6 is 24.0 Å². The molecule has 0 amide bonds. The van der Waals surface area contributed by atoms with Crippen molar-refractivity contribution in [2.45, 2.75) is 75.7 Å².